The van der Waals surface area contributed by atoms with Gasteiger partial charge < -0.3 is 19.2 Å². The Morgan fingerprint density at radius 2 is 1.96 bits per heavy atom. The molecule has 1 atom stereocenters. The number of aromatic nitrogens is 2. The highest BCUT2D eigenvalue weighted by molar-refractivity contribution is 5.73. The second kappa shape index (κ2) is 7.88. The van der Waals surface area contributed by atoms with Crippen LogP contribution in [-0.2, 0) is 4.79 Å². The Kier molecular flexibility index (Phi) is 5.14. The number of nitrogens with zero attached hydrogens (tertiary/aromatic N) is 2. The summed E-state index contributed by atoms with van der Waals surface area (Å²) in [5.74, 6) is 2.41. The van der Waals surface area contributed by atoms with E-state index in [1.165, 1.54) is 19.8 Å². The monoisotopic (exact) mass is 381 g/mol. The van der Waals surface area contributed by atoms with Crippen molar-refractivity contribution >= 4 is 17.1 Å². The van der Waals surface area contributed by atoms with Crippen molar-refractivity contribution in [3.05, 3.63) is 36.4 Å². The Bertz CT molecular complexity index is 963. The second-order valence-electron chi connectivity index (χ2n) is 7.18. The van der Waals surface area contributed by atoms with Gasteiger partial charge in [0.1, 0.15) is 17.9 Å². The third-order valence-corrected chi connectivity index (χ3v) is 4.44. The molecule has 28 heavy (non-hydrogen) atoms. The van der Waals surface area contributed by atoms with Gasteiger partial charge in [-0.25, -0.2) is 4.98 Å². The quantitative estimate of drug-likeness (QED) is 0.642. The number of nitrogens with one attached hydrogen (secondary N) is 1. The molecule has 4 rings (SSSR count). The van der Waals surface area contributed by atoms with Gasteiger partial charge in [-0.2, -0.15) is 4.98 Å². The number of fused-ring (bicyclic) bond motifs is 1. The molecule has 0 unspecified atom stereocenters. The lowest BCUT2D eigenvalue weighted by Crippen LogP contribution is -2.35. The maximum absolute atomic E-state index is 11.1. The second-order valence-corrected chi connectivity index (χ2v) is 7.18. The first-order valence-corrected chi connectivity index (χ1v) is 9.47. The van der Waals surface area contributed by atoms with Crippen molar-refractivity contribution in [2.45, 2.75) is 32.7 Å². The molecular formula is C21H23N3O4. The molecule has 0 spiro atoms. The van der Waals surface area contributed by atoms with Gasteiger partial charge in [-0.3, -0.25) is 4.79 Å². The minimum absolute atomic E-state index is 0.0941. The fourth-order valence-electron chi connectivity index (χ4n) is 2.80. The van der Waals surface area contributed by atoms with Gasteiger partial charge in [0.2, 0.25) is 17.7 Å². The van der Waals surface area contributed by atoms with Crippen molar-refractivity contribution in [3.63, 3.8) is 0 Å². The van der Waals surface area contributed by atoms with Gasteiger partial charge in [0.25, 0.3) is 5.71 Å². The van der Waals surface area contributed by atoms with E-state index in [9.17, 15) is 4.79 Å². The van der Waals surface area contributed by atoms with Crippen LogP contribution in [0.5, 0.6) is 11.6 Å². The molecule has 7 heteroatoms. The Hall–Kier alpha value is -3.09. The van der Waals surface area contributed by atoms with Crippen molar-refractivity contribution in [1.29, 1.82) is 0 Å². The molecule has 0 aliphatic heterocycles. The number of amides is 1. The molecule has 1 saturated carbocycles. The molecule has 146 valence electrons. The van der Waals surface area contributed by atoms with E-state index in [1.54, 1.807) is 12.1 Å². The Balaban J connectivity index is 1.43. The fourth-order valence-corrected chi connectivity index (χ4v) is 2.80. The molecular weight excluding hydrogens is 358 g/mol. The standard InChI is InChI=1S/C21H23N3O4/c1-13(22-14(2)25)11-27-19-10-9-18-21(24-19)28-20(23-18)16-5-7-17(8-6-16)26-12-15-3-4-15/h5-10,13,15H,3-4,11-12H2,1-2H3,(H,22,25)/t13-/m0/s1. The molecule has 1 fully saturated rings. The predicted molar refractivity (Wildman–Crippen MR) is 104 cm³/mol. The summed E-state index contributed by atoms with van der Waals surface area (Å²) in [5.41, 5.74) is 1.93. The van der Waals surface area contributed by atoms with Gasteiger partial charge >= 0.3 is 0 Å². The zero-order valence-electron chi connectivity index (χ0n) is 16.0. The van der Waals surface area contributed by atoms with Crippen LogP contribution in [0.1, 0.15) is 26.7 Å². The number of ether oxygens (including phenoxy) is 2. The van der Waals surface area contributed by atoms with E-state index in [4.69, 9.17) is 13.9 Å². The van der Waals surface area contributed by atoms with E-state index in [-0.39, 0.29) is 11.9 Å². The van der Waals surface area contributed by atoms with Crippen LogP contribution in [0.2, 0.25) is 0 Å². The maximum Gasteiger partial charge on any atom is 0.250 e. The summed E-state index contributed by atoms with van der Waals surface area (Å²) in [6.07, 6.45) is 2.54. The lowest BCUT2D eigenvalue weighted by atomic mass is 10.2. The van der Waals surface area contributed by atoms with Gasteiger partial charge in [0.05, 0.1) is 12.6 Å². The van der Waals surface area contributed by atoms with Crippen LogP contribution in [0.15, 0.2) is 40.8 Å². The number of rotatable bonds is 8. The molecule has 0 saturated heterocycles. The van der Waals surface area contributed by atoms with Crippen molar-refractivity contribution in [3.8, 4) is 23.1 Å². The van der Waals surface area contributed by atoms with Crippen LogP contribution in [-0.4, -0.2) is 35.1 Å². The SMILES string of the molecule is CC(=O)N[C@@H](C)COc1ccc2nc(-c3ccc(OCC4CC4)cc3)oc2n1. The van der Waals surface area contributed by atoms with Gasteiger partial charge in [-0.05, 0) is 56.0 Å². The molecule has 1 amide bonds. The van der Waals surface area contributed by atoms with Crippen molar-refractivity contribution in [1.82, 2.24) is 15.3 Å². The first kappa shape index (κ1) is 18.3. The van der Waals surface area contributed by atoms with E-state index < -0.39 is 0 Å². The lowest BCUT2D eigenvalue weighted by molar-refractivity contribution is -0.119. The van der Waals surface area contributed by atoms with E-state index in [2.05, 4.69) is 15.3 Å². The minimum atomic E-state index is -0.110. The summed E-state index contributed by atoms with van der Waals surface area (Å²) in [7, 11) is 0. The van der Waals surface area contributed by atoms with Crippen LogP contribution in [0.4, 0.5) is 0 Å². The summed E-state index contributed by atoms with van der Waals surface area (Å²) in [5, 5.41) is 2.76. The molecule has 2 aromatic heterocycles. The number of oxazole rings is 1. The van der Waals surface area contributed by atoms with Gasteiger partial charge in [-0.15, -0.1) is 0 Å². The van der Waals surface area contributed by atoms with E-state index in [0.717, 1.165) is 23.8 Å². The highest BCUT2D eigenvalue weighted by Gasteiger charge is 2.21. The summed E-state index contributed by atoms with van der Waals surface area (Å²) in [6.45, 7) is 4.45. The third-order valence-electron chi connectivity index (χ3n) is 4.44. The summed E-state index contributed by atoms with van der Waals surface area (Å²) in [4.78, 5) is 19.9. The van der Waals surface area contributed by atoms with Crippen LogP contribution < -0.4 is 14.8 Å². The third kappa shape index (κ3) is 4.60. The molecule has 1 aliphatic rings. The number of benzene rings is 1. The van der Waals surface area contributed by atoms with Gasteiger partial charge in [0, 0.05) is 18.6 Å². The van der Waals surface area contributed by atoms with E-state index >= 15 is 0 Å². The molecule has 2 heterocycles. The number of carbonyl (C=O) groups is 1. The number of pyridine rings is 1. The molecule has 3 aromatic rings. The molecule has 1 aliphatic carbocycles. The molecule has 1 aromatic carbocycles. The zero-order valence-corrected chi connectivity index (χ0v) is 16.0. The minimum Gasteiger partial charge on any atom is -0.493 e. The lowest BCUT2D eigenvalue weighted by Gasteiger charge is -2.12. The Morgan fingerprint density at radius 1 is 1.18 bits per heavy atom. The summed E-state index contributed by atoms with van der Waals surface area (Å²) < 4.78 is 17.2. The van der Waals surface area contributed by atoms with Gasteiger partial charge in [-0.1, -0.05) is 0 Å². The molecule has 7 nitrogen and oxygen atoms in total. The molecule has 1 N–H and O–H groups in total. The van der Waals surface area contributed by atoms with Crippen molar-refractivity contribution in [2.75, 3.05) is 13.2 Å². The highest BCUT2D eigenvalue weighted by atomic mass is 16.5. The Morgan fingerprint density at radius 3 is 2.68 bits per heavy atom. The number of hydrogen-bond acceptors (Lipinski definition) is 6. The van der Waals surface area contributed by atoms with Crippen LogP contribution in [0.25, 0.3) is 22.7 Å². The predicted octanol–water partition coefficient (Wildman–Crippen LogP) is 3.58. The summed E-state index contributed by atoms with van der Waals surface area (Å²) in [6, 6.07) is 11.2. The van der Waals surface area contributed by atoms with E-state index in [1.807, 2.05) is 31.2 Å². The van der Waals surface area contributed by atoms with Crippen LogP contribution in [0.3, 0.4) is 0 Å². The smallest absolute Gasteiger partial charge is 0.250 e. The largest absolute Gasteiger partial charge is 0.493 e. The number of hydrogen-bond donors (Lipinski definition) is 1. The average molecular weight is 381 g/mol. The first-order valence-electron chi connectivity index (χ1n) is 9.47. The Labute approximate surface area is 163 Å². The summed E-state index contributed by atoms with van der Waals surface area (Å²) >= 11 is 0. The topological polar surface area (TPSA) is 86.5 Å². The molecule has 0 radical (unpaired) electrons. The molecule has 0 bridgehead atoms. The van der Waals surface area contributed by atoms with Crippen molar-refractivity contribution in [2.24, 2.45) is 5.92 Å². The average Bonchev–Trinajstić information content (AvgIpc) is 3.41. The number of carbonyl (C=O) groups excluding carboxylic acids is 1. The van der Waals surface area contributed by atoms with Gasteiger partial charge in [0.15, 0.2) is 0 Å². The first-order chi connectivity index (χ1) is 13.6. The maximum atomic E-state index is 11.1. The van der Waals surface area contributed by atoms with E-state index in [0.29, 0.717) is 29.6 Å². The van der Waals surface area contributed by atoms with Crippen LogP contribution in [0, 0.1) is 5.92 Å². The fraction of sp³-hybridized carbons (Fsp3) is 0.381. The van der Waals surface area contributed by atoms with Crippen LogP contribution >= 0.6 is 0 Å². The normalized spacial score (nSPS) is 14.6. The van der Waals surface area contributed by atoms with Crippen molar-refractivity contribution < 1.29 is 18.7 Å². The highest BCUT2D eigenvalue weighted by Crippen LogP contribution is 2.30. The zero-order chi connectivity index (χ0) is 19.5.